The number of nitrogens with zero attached hydrogens (tertiary/aromatic N) is 5. The summed E-state index contributed by atoms with van der Waals surface area (Å²) >= 11 is 3.01. The fourth-order valence-electron chi connectivity index (χ4n) is 3.06. The first-order valence-corrected chi connectivity index (χ1v) is 11.3. The van der Waals surface area contributed by atoms with Crippen molar-refractivity contribution in [1.82, 2.24) is 25.2 Å². The summed E-state index contributed by atoms with van der Waals surface area (Å²) in [5.41, 5.74) is 4.57. The second-order valence-electron chi connectivity index (χ2n) is 6.72. The fraction of sp³-hybridized carbons (Fsp3) is 0.190. The number of rotatable bonds is 6. The maximum atomic E-state index is 12.8. The van der Waals surface area contributed by atoms with Crippen LogP contribution < -0.4 is 5.32 Å². The number of hydrogen-bond donors (Lipinski definition) is 1. The molecule has 9 heteroatoms. The van der Waals surface area contributed by atoms with Crippen molar-refractivity contribution in [1.29, 1.82) is 0 Å². The van der Waals surface area contributed by atoms with Crippen LogP contribution in [0.1, 0.15) is 15.4 Å². The minimum atomic E-state index is -0.0917. The Hall–Kier alpha value is -3.04. The predicted octanol–water partition coefficient (Wildman–Crippen LogP) is 4.31. The summed E-state index contributed by atoms with van der Waals surface area (Å²) in [6, 6.07) is 15.7. The number of amides is 1. The highest BCUT2D eigenvalue weighted by molar-refractivity contribution is 7.98. The predicted molar refractivity (Wildman–Crippen MR) is 120 cm³/mol. The number of hydrogen-bond acceptors (Lipinski definition) is 7. The van der Waals surface area contributed by atoms with Gasteiger partial charge in [0.2, 0.25) is 11.1 Å². The highest BCUT2D eigenvalue weighted by Crippen LogP contribution is 2.29. The van der Waals surface area contributed by atoms with Gasteiger partial charge in [-0.3, -0.25) is 4.79 Å². The van der Waals surface area contributed by atoms with E-state index in [0.29, 0.717) is 10.8 Å². The van der Waals surface area contributed by atoms with E-state index in [-0.39, 0.29) is 12.3 Å². The normalized spacial score (nSPS) is 10.9. The number of aromatic nitrogens is 5. The van der Waals surface area contributed by atoms with Crippen LogP contribution in [0.2, 0.25) is 0 Å². The third-order valence-corrected chi connectivity index (χ3v) is 6.04. The first kappa shape index (κ1) is 20.2. The molecule has 0 bridgehead atoms. The molecule has 0 saturated carbocycles. The fourth-order valence-corrected chi connectivity index (χ4v) is 4.45. The van der Waals surface area contributed by atoms with Gasteiger partial charge >= 0.3 is 0 Å². The van der Waals surface area contributed by atoms with Gasteiger partial charge in [0.1, 0.15) is 0 Å². The highest BCUT2D eigenvalue weighted by Gasteiger charge is 2.15. The Morgan fingerprint density at radius 2 is 1.97 bits per heavy atom. The summed E-state index contributed by atoms with van der Waals surface area (Å²) in [6.45, 7) is 4.01. The summed E-state index contributed by atoms with van der Waals surface area (Å²) in [7, 11) is 0. The lowest BCUT2D eigenvalue weighted by Gasteiger charge is -2.08. The average Bonchev–Trinajstić information content (AvgIpc) is 3.35. The molecular formula is C21H20N6OS2. The number of nitrogens with one attached hydrogen (secondary N) is 1. The SMILES string of the molecule is CSc1nnnn1-c1cccc(NC(=O)Cc2sc(C)nc2-c2ccc(C)cc2)c1. The van der Waals surface area contributed by atoms with Gasteiger partial charge in [-0.2, -0.15) is 4.68 Å². The van der Waals surface area contributed by atoms with E-state index >= 15 is 0 Å². The Bertz CT molecular complexity index is 1180. The van der Waals surface area contributed by atoms with Gasteiger partial charge in [0.05, 0.1) is 22.8 Å². The van der Waals surface area contributed by atoms with E-state index in [2.05, 4.69) is 44.9 Å². The van der Waals surface area contributed by atoms with E-state index in [0.717, 1.165) is 26.8 Å². The van der Waals surface area contributed by atoms with Crippen LogP contribution in [0.25, 0.3) is 16.9 Å². The first-order valence-electron chi connectivity index (χ1n) is 9.29. The molecule has 152 valence electrons. The third kappa shape index (κ3) is 4.42. The van der Waals surface area contributed by atoms with E-state index in [1.165, 1.54) is 17.3 Å². The van der Waals surface area contributed by atoms with Crippen molar-refractivity contribution in [3.05, 3.63) is 64.0 Å². The van der Waals surface area contributed by atoms with E-state index < -0.39 is 0 Å². The Morgan fingerprint density at radius 3 is 2.73 bits per heavy atom. The second-order valence-corrected chi connectivity index (χ2v) is 8.78. The molecule has 0 aliphatic rings. The minimum absolute atomic E-state index is 0.0917. The van der Waals surface area contributed by atoms with Gasteiger partial charge in [-0.05, 0) is 48.7 Å². The summed E-state index contributed by atoms with van der Waals surface area (Å²) in [6.07, 6.45) is 2.18. The van der Waals surface area contributed by atoms with Crippen LogP contribution in [0.3, 0.4) is 0 Å². The third-order valence-electron chi connectivity index (χ3n) is 4.45. The van der Waals surface area contributed by atoms with E-state index in [1.807, 2.05) is 49.6 Å². The number of tetrazole rings is 1. The van der Waals surface area contributed by atoms with Crippen molar-refractivity contribution >= 4 is 34.7 Å². The zero-order valence-electron chi connectivity index (χ0n) is 16.8. The van der Waals surface area contributed by atoms with Crippen LogP contribution >= 0.6 is 23.1 Å². The number of thioether (sulfide) groups is 1. The highest BCUT2D eigenvalue weighted by atomic mass is 32.2. The van der Waals surface area contributed by atoms with E-state index in [9.17, 15) is 4.79 Å². The summed E-state index contributed by atoms with van der Waals surface area (Å²) in [5.74, 6) is -0.0917. The first-order chi connectivity index (χ1) is 14.5. The standard InChI is InChI=1S/C21H20N6OS2/c1-13-7-9-15(10-8-13)20-18(30-14(2)22-20)12-19(28)23-16-5-4-6-17(11-16)27-21(29-3)24-25-26-27/h4-11H,12H2,1-3H3,(H,23,28). The molecule has 0 radical (unpaired) electrons. The van der Waals surface area contributed by atoms with Crippen LogP contribution in [0.5, 0.6) is 0 Å². The van der Waals surface area contributed by atoms with Gasteiger partial charge in [-0.1, -0.05) is 47.7 Å². The molecule has 2 heterocycles. The smallest absolute Gasteiger partial charge is 0.229 e. The maximum Gasteiger partial charge on any atom is 0.229 e. The number of benzene rings is 2. The van der Waals surface area contributed by atoms with Crippen molar-refractivity contribution < 1.29 is 4.79 Å². The number of thiazole rings is 1. The van der Waals surface area contributed by atoms with Gasteiger partial charge < -0.3 is 5.32 Å². The maximum absolute atomic E-state index is 12.8. The number of carbonyl (C=O) groups is 1. The molecule has 7 nitrogen and oxygen atoms in total. The number of carbonyl (C=O) groups excluding carboxylic acids is 1. The Labute approximate surface area is 182 Å². The molecule has 0 atom stereocenters. The number of aryl methyl sites for hydroxylation is 2. The Balaban J connectivity index is 1.52. The van der Waals surface area contributed by atoms with Gasteiger partial charge in [-0.25, -0.2) is 4.98 Å². The molecule has 2 aromatic heterocycles. The summed E-state index contributed by atoms with van der Waals surface area (Å²) < 4.78 is 1.64. The Morgan fingerprint density at radius 1 is 1.17 bits per heavy atom. The topological polar surface area (TPSA) is 85.6 Å². The lowest BCUT2D eigenvalue weighted by molar-refractivity contribution is -0.115. The van der Waals surface area contributed by atoms with Gasteiger partial charge in [0, 0.05) is 16.1 Å². The van der Waals surface area contributed by atoms with E-state index in [4.69, 9.17) is 0 Å². The second kappa shape index (κ2) is 8.76. The van der Waals surface area contributed by atoms with Crippen LogP contribution in [0.15, 0.2) is 53.7 Å². The zero-order valence-corrected chi connectivity index (χ0v) is 18.4. The molecule has 1 N–H and O–H groups in total. The van der Waals surface area contributed by atoms with Crippen molar-refractivity contribution in [3.63, 3.8) is 0 Å². The lowest BCUT2D eigenvalue weighted by atomic mass is 10.1. The minimum Gasteiger partial charge on any atom is -0.326 e. The van der Waals surface area contributed by atoms with E-state index in [1.54, 1.807) is 16.0 Å². The zero-order chi connectivity index (χ0) is 21.1. The molecule has 1 amide bonds. The molecule has 0 unspecified atom stereocenters. The molecule has 0 spiro atoms. The Kier molecular flexibility index (Phi) is 5.91. The molecular weight excluding hydrogens is 416 g/mol. The van der Waals surface area contributed by atoms with Gasteiger partial charge in [-0.15, -0.1) is 16.4 Å². The molecule has 0 saturated heterocycles. The molecule has 0 aliphatic carbocycles. The van der Waals surface area contributed by atoms with Crippen LogP contribution in [0.4, 0.5) is 5.69 Å². The molecule has 4 rings (SSSR count). The molecule has 0 aliphatic heterocycles. The van der Waals surface area contributed by atoms with Crippen molar-refractivity contribution in [3.8, 4) is 16.9 Å². The quantitative estimate of drug-likeness (QED) is 0.454. The molecule has 30 heavy (non-hydrogen) atoms. The van der Waals surface area contributed by atoms with Crippen LogP contribution in [0, 0.1) is 13.8 Å². The lowest BCUT2D eigenvalue weighted by Crippen LogP contribution is -2.14. The van der Waals surface area contributed by atoms with Gasteiger partial charge in [0.25, 0.3) is 0 Å². The van der Waals surface area contributed by atoms with Crippen molar-refractivity contribution in [2.45, 2.75) is 25.4 Å². The van der Waals surface area contributed by atoms with Crippen LogP contribution in [-0.4, -0.2) is 37.4 Å². The molecule has 2 aromatic carbocycles. The number of anilines is 1. The van der Waals surface area contributed by atoms with Crippen LogP contribution in [-0.2, 0) is 11.2 Å². The summed E-state index contributed by atoms with van der Waals surface area (Å²) in [4.78, 5) is 18.4. The molecule has 0 fully saturated rings. The largest absolute Gasteiger partial charge is 0.326 e. The molecule has 4 aromatic rings. The van der Waals surface area contributed by atoms with Crippen molar-refractivity contribution in [2.24, 2.45) is 0 Å². The van der Waals surface area contributed by atoms with Gasteiger partial charge in [0.15, 0.2) is 0 Å². The average molecular weight is 437 g/mol. The van der Waals surface area contributed by atoms with Crippen molar-refractivity contribution in [2.75, 3.05) is 11.6 Å². The summed E-state index contributed by atoms with van der Waals surface area (Å²) in [5, 5.41) is 16.3. The monoisotopic (exact) mass is 436 g/mol.